The third-order valence-corrected chi connectivity index (χ3v) is 4.81. The Morgan fingerprint density at radius 3 is 2.06 bits per heavy atom. The molecule has 0 aromatic heterocycles. The molecule has 0 saturated carbocycles. The fraction of sp³-hybridized carbons (Fsp3) is 0.154. The molecule has 3 rings (SSSR count). The number of nitrogens with one attached hydrogen (secondary N) is 2. The van der Waals surface area contributed by atoms with E-state index in [4.69, 9.17) is 14.2 Å². The topological polar surface area (TPSA) is 85.9 Å². The predicted molar refractivity (Wildman–Crippen MR) is 128 cm³/mol. The van der Waals surface area contributed by atoms with Gasteiger partial charge in [0.1, 0.15) is 5.70 Å². The van der Waals surface area contributed by atoms with Crippen molar-refractivity contribution in [3.63, 3.8) is 0 Å². The summed E-state index contributed by atoms with van der Waals surface area (Å²) < 4.78 is 16.0. The van der Waals surface area contributed by atoms with E-state index in [1.165, 1.54) is 33.5 Å². The van der Waals surface area contributed by atoms with Crippen molar-refractivity contribution >= 4 is 23.6 Å². The molecule has 7 heteroatoms. The summed E-state index contributed by atoms with van der Waals surface area (Å²) in [4.78, 5) is 26.2. The SMILES string of the molecule is COc1cc(C(=O)N/C(=C\c2ccccc2)C(=O)Nc2cccc(C)c2)cc(OC)c1OC. The average Bonchev–Trinajstić information content (AvgIpc) is 2.83. The van der Waals surface area contributed by atoms with Crippen molar-refractivity contribution in [3.05, 3.63) is 89.1 Å². The smallest absolute Gasteiger partial charge is 0.272 e. The quantitative estimate of drug-likeness (QED) is 0.500. The van der Waals surface area contributed by atoms with Crippen LogP contribution in [0.4, 0.5) is 5.69 Å². The van der Waals surface area contributed by atoms with Crippen molar-refractivity contribution in [2.24, 2.45) is 0 Å². The number of anilines is 1. The Hall–Kier alpha value is -4.26. The minimum atomic E-state index is -0.504. The van der Waals surface area contributed by atoms with Gasteiger partial charge in [0, 0.05) is 11.3 Å². The highest BCUT2D eigenvalue weighted by molar-refractivity contribution is 6.10. The van der Waals surface area contributed by atoms with Crippen LogP contribution in [0.2, 0.25) is 0 Å². The van der Waals surface area contributed by atoms with Crippen LogP contribution in [-0.2, 0) is 4.79 Å². The minimum absolute atomic E-state index is 0.0847. The van der Waals surface area contributed by atoms with Gasteiger partial charge in [-0.25, -0.2) is 0 Å². The second-order valence-electron chi connectivity index (χ2n) is 7.16. The molecule has 2 amide bonds. The fourth-order valence-electron chi connectivity index (χ4n) is 3.20. The summed E-state index contributed by atoms with van der Waals surface area (Å²) in [5.74, 6) is 0.0782. The zero-order valence-corrected chi connectivity index (χ0v) is 19.0. The molecular formula is C26H26N2O5. The summed E-state index contributed by atoms with van der Waals surface area (Å²) in [7, 11) is 4.42. The molecule has 0 spiro atoms. The normalized spacial score (nSPS) is 10.8. The molecule has 2 N–H and O–H groups in total. The van der Waals surface area contributed by atoms with Crippen LogP contribution in [-0.4, -0.2) is 33.1 Å². The maximum atomic E-state index is 13.1. The fourth-order valence-corrected chi connectivity index (χ4v) is 3.20. The molecule has 0 atom stereocenters. The highest BCUT2D eigenvalue weighted by Crippen LogP contribution is 2.38. The van der Waals surface area contributed by atoms with Gasteiger partial charge in [-0.15, -0.1) is 0 Å². The van der Waals surface area contributed by atoms with E-state index in [0.717, 1.165) is 11.1 Å². The van der Waals surface area contributed by atoms with E-state index < -0.39 is 11.8 Å². The number of hydrogen-bond acceptors (Lipinski definition) is 5. The maximum Gasteiger partial charge on any atom is 0.272 e. The summed E-state index contributed by atoms with van der Waals surface area (Å²) in [5, 5.41) is 5.55. The van der Waals surface area contributed by atoms with Crippen LogP contribution in [0.25, 0.3) is 6.08 Å². The second kappa shape index (κ2) is 10.9. The monoisotopic (exact) mass is 446 g/mol. The molecule has 3 aromatic rings. The van der Waals surface area contributed by atoms with E-state index in [1.54, 1.807) is 12.1 Å². The minimum Gasteiger partial charge on any atom is -0.493 e. The van der Waals surface area contributed by atoms with Gasteiger partial charge in [-0.3, -0.25) is 9.59 Å². The van der Waals surface area contributed by atoms with Crippen LogP contribution in [0.15, 0.2) is 72.4 Å². The lowest BCUT2D eigenvalue weighted by Gasteiger charge is -2.15. The van der Waals surface area contributed by atoms with Crippen molar-refractivity contribution in [2.45, 2.75) is 6.92 Å². The number of rotatable bonds is 8. The van der Waals surface area contributed by atoms with Gasteiger partial charge >= 0.3 is 0 Å². The van der Waals surface area contributed by atoms with E-state index in [-0.39, 0.29) is 11.3 Å². The summed E-state index contributed by atoms with van der Waals surface area (Å²) in [6, 6.07) is 19.7. The van der Waals surface area contributed by atoms with Crippen LogP contribution in [0.3, 0.4) is 0 Å². The van der Waals surface area contributed by atoms with E-state index in [2.05, 4.69) is 10.6 Å². The number of methoxy groups -OCH3 is 3. The molecule has 0 bridgehead atoms. The van der Waals surface area contributed by atoms with Gasteiger partial charge in [0.25, 0.3) is 11.8 Å². The first-order valence-electron chi connectivity index (χ1n) is 10.2. The largest absolute Gasteiger partial charge is 0.493 e. The molecule has 3 aromatic carbocycles. The van der Waals surface area contributed by atoms with Crippen molar-refractivity contribution in [3.8, 4) is 17.2 Å². The molecule has 0 aliphatic rings. The number of aryl methyl sites for hydroxylation is 1. The average molecular weight is 447 g/mol. The molecule has 0 aliphatic carbocycles. The van der Waals surface area contributed by atoms with Crippen LogP contribution in [0.1, 0.15) is 21.5 Å². The highest BCUT2D eigenvalue weighted by atomic mass is 16.5. The molecule has 0 unspecified atom stereocenters. The van der Waals surface area contributed by atoms with E-state index in [9.17, 15) is 9.59 Å². The van der Waals surface area contributed by atoms with E-state index in [0.29, 0.717) is 22.9 Å². The number of benzene rings is 3. The number of carbonyl (C=O) groups is 2. The molecule has 0 aliphatic heterocycles. The lowest BCUT2D eigenvalue weighted by Crippen LogP contribution is -2.30. The standard InChI is InChI=1S/C26H26N2O5/c1-17-9-8-12-20(13-17)27-26(30)21(14-18-10-6-5-7-11-18)28-25(29)19-15-22(31-2)24(33-4)23(16-19)32-3/h5-16H,1-4H3,(H,27,30)(H,28,29)/b21-14-. The molecule has 7 nitrogen and oxygen atoms in total. The molecule has 0 fully saturated rings. The summed E-state index contributed by atoms with van der Waals surface area (Å²) in [6.07, 6.45) is 1.61. The van der Waals surface area contributed by atoms with Gasteiger partial charge in [-0.05, 0) is 48.4 Å². The zero-order valence-electron chi connectivity index (χ0n) is 19.0. The first kappa shape index (κ1) is 23.4. The number of hydrogen-bond donors (Lipinski definition) is 2. The molecular weight excluding hydrogens is 420 g/mol. The van der Waals surface area contributed by atoms with Gasteiger partial charge in [0.15, 0.2) is 11.5 Å². The van der Waals surface area contributed by atoms with Gasteiger partial charge < -0.3 is 24.8 Å². The predicted octanol–water partition coefficient (Wildman–Crippen LogP) is 4.43. The first-order chi connectivity index (χ1) is 15.9. The van der Waals surface area contributed by atoms with Gasteiger partial charge in [0.2, 0.25) is 5.75 Å². The van der Waals surface area contributed by atoms with Crippen molar-refractivity contribution < 1.29 is 23.8 Å². The Bertz CT molecular complexity index is 1150. The third-order valence-electron chi connectivity index (χ3n) is 4.81. The Morgan fingerprint density at radius 1 is 0.818 bits per heavy atom. The van der Waals surface area contributed by atoms with E-state index in [1.807, 2.05) is 55.5 Å². The third kappa shape index (κ3) is 5.92. The number of amides is 2. The number of ether oxygens (including phenoxy) is 3. The van der Waals surface area contributed by atoms with Crippen LogP contribution in [0.5, 0.6) is 17.2 Å². The Balaban J connectivity index is 1.94. The lowest BCUT2D eigenvalue weighted by molar-refractivity contribution is -0.113. The maximum absolute atomic E-state index is 13.1. The lowest BCUT2D eigenvalue weighted by atomic mass is 10.1. The van der Waals surface area contributed by atoms with Gasteiger partial charge in [0.05, 0.1) is 21.3 Å². The molecule has 0 heterocycles. The van der Waals surface area contributed by atoms with Crippen LogP contribution >= 0.6 is 0 Å². The van der Waals surface area contributed by atoms with Crippen molar-refractivity contribution in [2.75, 3.05) is 26.6 Å². The molecule has 33 heavy (non-hydrogen) atoms. The summed E-state index contributed by atoms with van der Waals surface area (Å²) in [5.41, 5.74) is 2.72. The Kier molecular flexibility index (Phi) is 7.70. The summed E-state index contributed by atoms with van der Waals surface area (Å²) in [6.45, 7) is 1.93. The van der Waals surface area contributed by atoms with Crippen molar-refractivity contribution in [1.82, 2.24) is 5.32 Å². The Morgan fingerprint density at radius 2 is 1.48 bits per heavy atom. The zero-order chi connectivity index (χ0) is 23.8. The molecule has 0 radical (unpaired) electrons. The summed E-state index contributed by atoms with van der Waals surface area (Å²) >= 11 is 0. The van der Waals surface area contributed by atoms with E-state index >= 15 is 0 Å². The van der Waals surface area contributed by atoms with Gasteiger partial charge in [-0.2, -0.15) is 0 Å². The van der Waals surface area contributed by atoms with Crippen LogP contribution < -0.4 is 24.8 Å². The highest BCUT2D eigenvalue weighted by Gasteiger charge is 2.20. The molecule has 170 valence electrons. The molecule has 0 saturated heterocycles. The second-order valence-corrected chi connectivity index (χ2v) is 7.16. The number of carbonyl (C=O) groups excluding carboxylic acids is 2. The first-order valence-corrected chi connectivity index (χ1v) is 10.2. The Labute approximate surface area is 193 Å². The van der Waals surface area contributed by atoms with Gasteiger partial charge in [-0.1, -0.05) is 42.5 Å². The van der Waals surface area contributed by atoms with Crippen molar-refractivity contribution in [1.29, 1.82) is 0 Å². The van der Waals surface area contributed by atoms with Crippen LogP contribution in [0, 0.1) is 6.92 Å².